The van der Waals surface area contributed by atoms with E-state index in [9.17, 15) is 9.18 Å². The Labute approximate surface area is 120 Å². The summed E-state index contributed by atoms with van der Waals surface area (Å²) in [6.45, 7) is 7.13. The SMILES string of the molecule is CC1CN(CCC(=O)c2cccc(F)c2)CC(C)N1C. The standard InChI is InChI=1S/C16H23FN2O/c1-12-10-19(11-13(2)18(12)3)8-7-16(20)14-5-4-6-15(17)9-14/h4-6,9,12-13H,7-8,10-11H2,1-3H3. The maximum absolute atomic E-state index is 13.1. The molecule has 2 atom stereocenters. The van der Waals surface area contributed by atoms with Crippen molar-refractivity contribution in [3.05, 3.63) is 35.6 Å². The monoisotopic (exact) mass is 278 g/mol. The number of rotatable bonds is 4. The fourth-order valence-electron chi connectivity index (χ4n) is 2.76. The van der Waals surface area contributed by atoms with Crippen LogP contribution in [-0.2, 0) is 0 Å². The number of benzene rings is 1. The zero-order valence-corrected chi connectivity index (χ0v) is 12.5. The van der Waals surface area contributed by atoms with Crippen molar-refractivity contribution in [1.82, 2.24) is 9.80 Å². The van der Waals surface area contributed by atoms with E-state index in [0.29, 0.717) is 24.1 Å². The van der Waals surface area contributed by atoms with Crippen LogP contribution in [0.1, 0.15) is 30.6 Å². The van der Waals surface area contributed by atoms with E-state index in [4.69, 9.17) is 0 Å². The summed E-state index contributed by atoms with van der Waals surface area (Å²) in [4.78, 5) is 16.8. The first kappa shape index (κ1) is 15.1. The lowest BCUT2D eigenvalue weighted by Gasteiger charge is -2.42. The van der Waals surface area contributed by atoms with Crippen LogP contribution in [0.2, 0.25) is 0 Å². The van der Waals surface area contributed by atoms with E-state index in [1.807, 2.05) is 0 Å². The maximum atomic E-state index is 13.1. The summed E-state index contributed by atoms with van der Waals surface area (Å²) in [5.41, 5.74) is 0.472. The molecule has 0 aromatic heterocycles. The second kappa shape index (κ2) is 6.46. The third kappa shape index (κ3) is 3.64. The van der Waals surface area contributed by atoms with Gasteiger partial charge in [-0.3, -0.25) is 14.6 Å². The maximum Gasteiger partial charge on any atom is 0.164 e. The second-order valence-electron chi connectivity index (χ2n) is 5.81. The molecule has 1 saturated heterocycles. The molecule has 0 radical (unpaired) electrons. The Hall–Kier alpha value is -1.26. The topological polar surface area (TPSA) is 23.6 Å². The van der Waals surface area contributed by atoms with Crippen LogP contribution >= 0.6 is 0 Å². The molecule has 20 heavy (non-hydrogen) atoms. The first-order valence-electron chi connectivity index (χ1n) is 7.20. The van der Waals surface area contributed by atoms with E-state index in [1.54, 1.807) is 12.1 Å². The molecule has 0 aliphatic carbocycles. The van der Waals surface area contributed by atoms with Gasteiger partial charge in [0.05, 0.1) is 0 Å². The number of Topliss-reactive ketones (excluding diaryl/α,β-unsaturated/α-hetero) is 1. The summed E-state index contributed by atoms with van der Waals surface area (Å²) in [7, 11) is 2.14. The molecule has 2 rings (SSSR count). The van der Waals surface area contributed by atoms with E-state index in [0.717, 1.165) is 19.6 Å². The fourth-order valence-corrected chi connectivity index (χ4v) is 2.76. The minimum Gasteiger partial charge on any atom is -0.300 e. The number of halogens is 1. The summed E-state index contributed by atoms with van der Waals surface area (Å²) in [6, 6.07) is 6.95. The van der Waals surface area contributed by atoms with Crippen molar-refractivity contribution in [3.63, 3.8) is 0 Å². The Kier molecular flexibility index (Phi) is 4.89. The third-order valence-corrected chi connectivity index (χ3v) is 4.24. The summed E-state index contributed by atoms with van der Waals surface area (Å²) >= 11 is 0. The number of hydrogen-bond donors (Lipinski definition) is 0. The predicted molar refractivity (Wildman–Crippen MR) is 78.5 cm³/mol. The molecule has 3 nitrogen and oxygen atoms in total. The van der Waals surface area contributed by atoms with Crippen LogP contribution in [0, 0.1) is 5.82 Å². The Morgan fingerprint density at radius 1 is 1.30 bits per heavy atom. The van der Waals surface area contributed by atoms with Crippen LogP contribution in [0.25, 0.3) is 0 Å². The Bertz CT molecular complexity index is 465. The Morgan fingerprint density at radius 3 is 2.55 bits per heavy atom. The first-order chi connectivity index (χ1) is 9.47. The van der Waals surface area contributed by atoms with Gasteiger partial charge in [-0.2, -0.15) is 0 Å². The molecule has 4 heteroatoms. The minimum atomic E-state index is -0.349. The van der Waals surface area contributed by atoms with Gasteiger partial charge in [-0.25, -0.2) is 4.39 Å². The Balaban J connectivity index is 1.88. The van der Waals surface area contributed by atoms with E-state index < -0.39 is 0 Å². The first-order valence-corrected chi connectivity index (χ1v) is 7.20. The molecule has 0 bridgehead atoms. The van der Waals surface area contributed by atoms with Crippen LogP contribution < -0.4 is 0 Å². The van der Waals surface area contributed by atoms with E-state index in [2.05, 4.69) is 30.7 Å². The van der Waals surface area contributed by atoms with Gasteiger partial charge in [-0.15, -0.1) is 0 Å². The van der Waals surface area contributed by atoms with Crippen molar-refractivity contribution in [2.24, 2.45) is 0 Å². The number of piperazine rings is 1. The van der Waals surface area contributed by atoms with Gasteiger partial charge in [0, 0.05) is 43.7 Å². The molecule has 1 aromatic rings. The normalized spacial score (nSPS) is 24.8. The van der Waals surface area contributed by atoms with Crippen molar-refractivity contribution in [2.75, 3.05) is 26.7 Å². The molecular formula is C16H23FN2O. The number of nitrogens with zero attached hydrogens (tertiary/aromatic N) is 2. The quantitative estimate of drug-likeness (QED) is 0.790. The molecular weight excluding hydrogens is 255 g/mol. The van der Waals surface area contributed by atoms with Gasteiger partial charge in [-0.1, -0.05) is 12.1 Å². The molecule has 0 spiro atoms. The lowest BCUT2D eigenvalue weighted by atomic mass is 10.1. The molecule has 1 heterocycles. The number of ketones is 1. The molecule has 0 N–H and O–H groups in total. The lowest BCUT2D eigenvalue weighted by Crippen LogP contribution is -2.55. The van der Waals surface area contributed by atoms with Crippen LogP contribution in [0.15, 0.2) is 24.3 Å². The van der Waals surface area contributed by atoms with Gasteiger partial charge in [0.1, 0.15) is 5.82 Å². The predicted octanol–water partition coefficient (Wildman–Crippen LogP) is 2.42. The van der Waals surface area contributed by atoms with Gasteiger partial charge >= 0.3 is 0 Å². The zero-order valence-electron chi connectivity index (χ0n) is 12.5. The summed E-state index contributed by atoms with van der Waals surface area (Å²) in [5, 5.41) is 0. The van der Waals surface area contributed by atoms with Gasteiger partial charge in [-0.05, 0) is 33.0 Å². The number of carbonyl (C=O) groups excluding carboxylic acids is 1. The summed E-state index contributed by atoms with van der Waals surface area (Å²) < 4.78 is 13.1. The van der Waals surface area contributed by atoms with Crippen LogP contribution in [0.3, 0.4) is 0 Å². The molecule has 2 unspecified atom stereocenters. The largest absolute Gasteiger partial charge is 0.300 e. The highest BCUT2D eigenvalue weighted by Crippen LogP contribution is 2.14. The van der Waals surface area contributed by atoms with Crippen LogP contribution in [0.5, 0.6) is 0 Å². The van der Waals surface area contributed by atoms with E-state index in [1.165, 1.54) is 12.1 Å². The van der Waals surface area contributed by atoms with Gasteiger partial charge in [0.2, 0.25) is 0 Å². The minimum absolute atomic E-state index is 0.0173. The highest BCUT2D eigenvalue weighted by atomic mass is 19.1. The van der Waals surface area contributed by atoms with Crippen LogP contribution in [-0.4, -0.2) is 54.3 Å². The number of carbonyl (C=O) groups is 1. The Morgan fingerprint density at radius 2 is 1.95 bits per heavy atom. The molecule has 1 aliphatic heterocycles. The highest BCUT2D eigenvalue weighted by Gasteiger charge is 2.26. The molecule has 1 aliphatic rings. The average Bonchev–Trinajstić information content (AvgIpc) is 2.42. The van der Waals surface area contributed by atoms with Crippen molar-refractivity contribution in [1.29, 1.82) is 0 Å². The zero-order chi connectivity index (χ0) is 14.7. The highest BCUT2D eigenvalue weighted by molar-refractivity contribution is 5.96. The van der Waals surface area contributed by atoms with E-state index >= 15 is 0 Å². The van der Waals surface area contributed by atoms with Gasteiger partial charge in [0.15, 0.2) is 5.78 Å². The van der Waals surface area contributed by atoms with Gasteiger partial charge < -0.3 is 0 Å². The van der Waals surface area contributed by atoms with Crippen LogP contribution in [0.4, 0.5) is 4.39 Å². The molecule has 0 saturated carbocycles. The number of likely N-dealkylation sites (N-methyl/N-ethyl adjacent to an activating group) is 1. The molecule has 1 aromatic carbocycles. The van der Waals surface area contributed by atoms with Crippen molar-refractivity contribution in [3.8, 4) is 0 Å². The lowest BCUT2D eigenvalue weighted by molar-refractivity contribution is 0.0575. The smallest absolute Gasteiger partial charge is 0.164 e. The molecule has 110 valence electrons. The summed E-state index contributed by atoms with van der Waals surface area (Å²) in [5.74, 6) is -0.332. The van der Waals surface area contributed by atoms with Crippen molar-refractivity contribution < 1.29 is 9.18 Å². The van der Waals surface area contributed by atoms with Gasteiger partial charge in [0.25, 0.3) is 0 Å². The molecule has 0 amide bonds. The molecule has 1 fully saturated rings. The van der Waals surface area contributed by atoms with Crippen molar-refractivity contribution in [2.45, 2.75) is 32.4 Å². The van der Waals surface area contributed by atoms with E-state index in [-0.39, 0.29) is 11.6 Å². The third-order valence-electron chi connectivity index (χ3n) is 4.24. The fraction of sp³-hybridized carbons (Fsp3) is 0.562. The van der Waals surface area contributed by atoms with Crippen molar-refractivity contribution >= 4 is 5.78 Å². The number of hydrogen-bond acceptors (Lipinski definition) is 3. The summed E-state index contributed by atoms with van der Waals surface area (Å²) in [6.07, 6.45) is 0.451. The second-order valence-corrected chi connectivity index (χ2v) is 5.81. The average molecular weight is 278 g/mol.